The molecule has 0 atom stereocenters. The molecule has 33 heavy (non-hydrogen) atoms. The Morgan fingerprint density at radius 2 is 1.82 bits per heavy atom. The Morgan fingerprint density at radius 3 is 2.52 bits per heavy atom. The first kappa shape index (κ1) is 23.8. The van der Waals surface area contributed by atoms with Gasteiger partial charge in [0, 0.05) is 39.2 Å². The molecule has 0 aliphatic carbocycles. The van der Waals surface area contributed by atoms with Crippen LogP contribution in [-0.4, -0.2) is 23.0 Å². The number of halogens is 2. The molecule has 1 aliphatic heterocycles. The van der Waals surface area contributed by atoms with Gasteiger partial charge in [-0.05, 0) is 93.9 Å². The Morgan fingerprint density at radius 1 is 1.09 bits per heavy atom. The number of aromatic amines is 1. The zero-order valence-electron chi connectivity index (χ0n) is 19.4. The Hall–Kier alpha value is -2.31. The summed E-state index contributed by atoms with van der Waals surface area (Å²) in [6, 6.07) is 10.2. The quantitative estimate of drug-likeness (QED) is 0.409. The van der Waals surface area contributed by atoms with Gasteiger partial charge in [-0.3, -0.25) is 9.69 Å². The largest absolute Gasteiger partial charge is 0.326 e. The molecule has 0 unspecified atom stereocenters. The second-order valence-electron chi connectivity index (χ2n) is 9.17. The van der Waals surface area contributed by atoms with Gasteiger partial charge in [0.05, 0.1) is 0 Å². The first-order chi connectivity index (χ1) is 15.9. The van der Waals surface area contributed by atoms with Gasteiger partial charge in [0.1, 0.15) is 11.6 Å². The molecule has 3 nitrogen and oxygen atoms in total. The van der Waals surface area contributed by atoms with Crippen LogP contribution in [-0.2, 0) is 19.4 Å². The molecule has 3 aromatic rings. The van der Waals surface area contributed by atoms with E-state index in [9.17, 15) is 13.6 Å². The summed E-state index contributed by atoms with van der Waals surface area (Å²) in [5.41, 5.74) is 3.62. The van der Waals surface area contributed by atoms with Gasteiger partial charge in [-0.15, -0.1) is 11.3 Å². The van der Waals surface area contributed by atoms with Crippen LogP contribution in [0.2, 0.25) is 0 Å². The highest BCUT2D eigenvalue weighted by molar-refractivity contribution is 7.15. The standard InChI is InChI=1S/C27H32F2N2OS/c1-3-21-15-25(18(2)30-27(21)32)26-8-7-24(33-26)6-4-5-19-9-11-31(12-10-19)17-20-13-22(28)16-23(29)14-20/h7-8,13-16,19H,3-6,9-12,17H2,1-2H3,(H,30,32). The van der Waals surface area contributed by atoms with Crippen molar-refractivity contribution in [2.45, 2.75) is 58.9 Å². The van der Waals surface area contributed by atoms with Gasteiger partial charge in [-0.2, -0.15) is 0 Å². The van der Waals surface area contributed by atoms with Gasteiger partial charge in [0.25, 0.3) is 5.56 Å². The molecule has 3 heterocycles. The normalized spacial score (nSPS) is 15.3. The van der Waals surface area contributed by atoms with E-state index in [1.807, 2.05) is 31.3 Å². The van der Waals surface area contributed by atoms with Crippen LogP contribution in [0.15, 0.2) is 41.2 Å². The number of thiophene rings is 1. The predicted molar refractivity (Wildman–Crippen MR) is 132 cm³/mol. The summed E-state index contributed by atoms with van der Waals surface area (Å²) in [6.07, 6.45) is 6.49. The topological polar surface area (TPSA) is 36.1 Å². The predicted octanol–water partition coefficient (Wildman–Crippen LogP) is 6.49. The molecule has 0 spiro atoms. The number of hydrogen-bond acceptors (Lipinski definition) is 3. The summed E-state index contributed by atoms with van der Waals surface area (Å²) in [4.78, 5) is 19.9. The molecule has 1 N–H and O–H groups in total. The fraction of sp³-hybridized carbons (Fsp3) is 0.444. The van der Waals surface area contributed by atoms with Gasteiger partial charge in [-0.1, -0.05) is 13.3 Å². The average molecular weight is 471 g/mol. The average Bonchev–Trinajstić information content (AvgIpc) is 3.23. The molecule has 1 fully saturated rings. The van der Waals surface area contributed by atoms with Crippen molar-refractivity contribution in [3.05, 3.63) is 80.1 Å². The highest BCUT2D eigenvalue weighted by atomic mass is 32.1. The van der Waals surface area contributed by atoms with Crippen LogP contribution in [0.5, 0.6) is 0 Å². The Balaban J connectivity index is 1.24. The molecule has 176 valence electrons. The van der Waals surface area contributed by atoms with Gasteiger partial charge >= 0.3 is 0 Å². The molecule has 0 radical (unpaired) electrons. The van der Waals surface area contributed by atoms with E-state index in [4.69, 9.17) is 0 Å². The smallest absolute Gasteiger partial charge is 0.251 e. The Labute approximate surface area is 198 Å². The summed E-state index contributed by atoms with van der Waals surface area (Å²) in [5, 5.41) is 0. The van der Waals surface area contributed by atoms with Crippen molar-refractivity contribution in [2.24, 2.45) is 5.92 Å². The van der Waals surface area contributed by atoms with Crippen LogP contribution >= 0.6 is 11.3 Å². The fourth-order valence-corrected chi connectivity index (χ4v) is 5.92. The van der Waals surface area contributed by atoms with Gasteiger partial charge in [-0.25, -0.2) is 8.78 Å². The molecule has 4 rings (SSSR count). The maximum absolute atomic E-state index is 13.4. The van der Waals surface area contributed by atoms with Gasteiger partial charge < -0.3 is 4.98 Å². The zero-order valence-corrected chi connectivity index (χ0v) is 20.2. The van der Waals surface area contributed by atoms with E-state index in [2.05, 4.69) is 22.0 Å². The number of likely N-dealkylation sites (tertiary alicyclic amines) is 1. The van der Waals surface area contributed by atoms with E-state index in [0.717, 1.165) is 67.6 Å². The van der Waals surface area contributed by atoms with Crippen LogP contribution in [0, 0.1) is 24.5 Å². The lowest BCUT2D eigenvalue weighted by Gasteiger charge is -2.32. The lowest BCUT2D eigenvalue weighted by Crippen LogP contribution is -2.33. The van der Waals surface area contributed by atoms with Crippen LogP contribution in [0.1, 0.15) is 54.3 Å². The minimum atomic E-state index is -0.502. The van der Waals surface area contributed by atoms with E-state index >= 15 is 0 Å². The SMILES string of the molecule is CCc1cc(-c2ccc(CCCC3CCN(Cc4cc(F)cc(F)c4)CC3)s2)c(C)[nH]c1=O. The highest BCUT2D eigenvalue weighted by Gasteiger charge is 2.19. The number of nitrogens with one attached hydrogen (secondary N) is 1. The Bertz CT molecular complexity index is 1130. The lowest BCUT2D eigenvalue weighted by atomic mass is 9.91. The van der Waals surface area contributed by atoms with Gasteiger partial charge in [0.15, 0.2) is 0 Å². The molecule has 2 aromatic heterocycles. The van der Waals surface area contributed by atoms with Gasteiger partial charge in [0.2, 0.25) is 0 Å². The van der Waals surface area contributed by atoms with Crippen molar-refractivity contribution in [2.75, 3.05) is 13.1 Å². The van der Waals surface area contributed by atoms with E-state index < -0.39 is 11.6 Å². The lowest BCUT2D eigenvalue weighted by molar-refractivity contribution is 0.171. The van der Waals surface area contributed by atoms with E-state index in [1.54, 1.807) is 0 Å². The highest BCUT2D eigenvalue weighted by Crippen LogP contribution is 2.31. The van der Waals surface area contributed by atoms with Crippen molar-refractivity contribution in [3.63, 3.8) is 0 Å². The zero-order chi connectivity index (χ0) is 23.4. The van der Waals surface area contributed by atoms with Crippen molar-refractivity contribution in [1.29, 1.82) is 0 Å². The number of aryl methyl sites for hydroxylation is 3. The summed E-state index contributed by atoms with van der Waals surface area (Å²) in [7, 11) is 0. The number of benzene rings is 1. The minimum Gasteiger partial charge on any atom is -0.326 e. The van der Waals surface area contributed by atoms with E-state index in [1.165, 1.54) is 34.7 Å². The Kier molecular flexibility index (Phi) is 7.76. The molecule has 6 heteroatoms. The van der Waals surface area contributed by atoms with Crippen molar-refractivity contribution >= 4 is 11.3 Å². The molecule has 1 aliphatic rings. The third kappa shape index (κ3) is 6.18. The molecule has 0 saturated carbocycles. The number of H-pyrrole nitrogens is 1. The first-order valence-corrected chi connectivity index (χ1v) is 12.7. The maximum Gasteiger partial charge on any atom is 0.251 e. The minimum absolute atomic E-state index is 0.0182. The molecular weight excluding hydrogens is 438 g/mol. The number of pyridine rings is 1. The van der Waals surface area contributed by atoms with Crippen LogP contribution < -0.4 is 5.56 Å². The van der Waals surface area contributed by atoms with Crippen LogP contribution in [0.25, 0.3) is 10.4 Å². The molecule has 0 amide bonds. The van der Waals surface area contributed by atoms with E-state index in [-0.39, 0.29) is 5.56 Å². The summed E-state index contributed by atoms with van der Waals surface area (Å²) in [6.45, 7) is 6.56. The molecule has 1 aromatic carbocycles. The summed E-state index contributed by atoms with van der Waals surface area (Å²) < 4.78 is 26.8. The molecular formula is C27H32F2N2OS. The third-order valence-electron chi connectivity index (χ3n) is 6.69. The van der Waals surface area contributed by atoms with Crippen LogP contribution in [0.3, 0.4) is 0 Å². The number of hydrogen-bond donors (Lipinski definition) is 1. The summed E-state index contributed by atoms with van der Waals surface area (Å²) in [5.74, 6) is -0.283. The van der Waals surface area contributed by atoms with Crippen molar-refractivity contribution in [1.82, 2.24) is 9.88 Å². The monoisotopic (exact) mass is 470 g/mol. The number of nitrogens with zero attached hydrogens (tertiary/aromatic N) is 1. The third-order valence-corrected chi connectivity index (χ3v) is 7.87. The number of piperidine rings is 1. The maximum atomic E-state index is 13.4. The van der Waals surface area contributed by atoms with Crippen LogP contribution in [0.4, 0.5) is 8.78 Å². The fourth-order valence-electron chi connectivity index (χ4n) is 4.80. The summed E-state index contributed by atoms with van der Waals surface area (Å²) >= 11 is 1.82. The second kappa shape index (κ2) is 10.7. The molecule has 1 saturated heterocycles. The van der Waals surface area contributed by atoms with Crippen molar-refractivity contribution < 1.29 is 8.78 Å². The first-order valence-electron chi connectivity index (χ1n) is 11.9. The number of aromatic nitrogens is 1. The second-order valence-corrected chi connectivity index (χ2v) is 10.3. The van der Waals surface area contributed by atoms with E-state index in [0.29, 0.717) is 12.1 Å². The molecule has 0 bridgehead atoms. The number of rotatable bonds is 8. The van der Waals surface area contributed by atoms with Crippen molar-refractivity contribution in [3.8, 4) is 10.4 Å².